The maximum absolute atomic E-state index is 12.9. The van der Waals surface area contributed by atoms with Gasteiger partial charge in [-0.15, -0.1) is 0 Å². The van der Waals surface area contributed by atoms with Crippen LogP contribution in [0.2, 0.25) is 0 Å². The molecule has 8 nitrogen and oxygen atoms in total. The predicted octanol–water partition coefficient (Wildman–Crippen LogP) is 3.05. The number of allylic oxidation sites excluding steroid dienone is 1. The van der Waals surface area contributed by atoms with Crippen LogP contribution >= 0.6 is 0 Å². The van der Waals surface area contributed by atoms with Gasteiger partial charge in [0.25, 0.3) is 0 Å². The van der Waals surface area contributed by atoms with E-state index in [1.54, 1.807) is 18.2 Å². The molecule has 0 atom stereocenters. The van der Waals surface area contributed by atoms with E-state index in [1.165, 1.54) is 41.6 Å². The summed E-state index contributed by atoms with van der Waals surface area (Å²) in [5.41, 5.74) is 0.775. The average Bonchev–Trinajstić information content (AvgIpc) is 3.03. The Balaban J connectivity index is 2.12. The van der Waals surface area contributed by atoms with Crippen LogP contribution in [0.4, 0.5) is 0 Å². The maximum Gasteiger partial charge on any atom is 0.235 e. The SMILES string of the molecule is COc1cc(/C=C2\Oc3c(OC)c(OC)cc(OC)c3C2=O)cc(OC)c1O. The van der Waals surface area contributed by atoms with Gasteiger partial charge in [0.2, 0.25) is 17.3 Å². The zero-order chi connectivity index (χ0) is 20.4. The normalized spacial score (nSPS) is 13.8. The third-order valence-corrected chi connectivity index (χ3v) is 4.27. The monoisotopic (exact) mass is 388 g/mol. The van der Waals surface area contributed by atoms with Gasteiger partial charge in [0, 0.05) is 6.07 Å². The summed E-state index contributed by atoms with van der Waals surface area (Å²) in [5, 5.41) is 10.0. The van der Waals surface area contributed by atoms with Gasteiger partial charge < -0.3 is 33.5 Å². The fraction of sp³-hybridized carbons (Fsp3) is 0.250. The minimum absolute atomic E-state index is 0.0506. The fourth-order valence-corrected chi connectivity index (χ4v) is 2.94. The van der Waals surface area contributed by atoms with Crippen LogP contribution in [0.5, 0.6) is 40.2 Å². The van der Waals surface area contributed by atoms with Gasteiger partial charge in [0.1, 0.15) is 11.3 Å². The number of ether oxygens (including phenoxy) is 6. The van der Waals surface area contributed by atoms with Gasteiger partial charge in [-0.3, -0.25) is 4.79 Å². The van der Waals surface area contributed by atoms with E-state index in [0.29, 0.717) is 17.1 Å². The molecule has 1 N–H and O–H groups in total. The lowest BCUT2D eigenvalue weighted by Gasteiger charge is -2.13. The Labute approximate surface area is 161 Å². The molecule has 28 heavy (non-hydrogen) atoms. The molecule has 0 saturated carbocycles. The van der Waals surface area contributed by atoms with Crippen molar-refractivity contribution in [3.63, 3.8) is 0 Å². The third kappa shape index (κ3) is 3.02. The molecule has 0 fully saturated rings. The summed E-state index contributed by atoms with van der Waals surface area (Å²) in [6.07, 6.45) is 1.51. The highest BCUT2D eigenvalue weighted by atomic mass is 16.5. The number of methoxy groups -OCH3 is 5. The number of Topliss-reactive ketones (excluding diaryl/α,β-unsaturated/α-hetero) is 1. The zero-order valence-electron chi connectivity index (χ0n) is 16.1. The highest BCUT2D eigenvalue weighted by Crippen LogP contribution is 2.50. The van der Waals surface area contributed by atoms with E-state index in [9.17, 15) is 9.90 Å². The van der Waals surface area contributed by atoms with Crippen molar-refractivity contribution in [2.24, 2.45) is 0 Å². The largest absolute Gasteiger partial charge is 0.502 e. The van der Waals surface area contributed by atoms with Gasteiger partial charge in [-0.1, -0.05) is 0 Å². The summed E-state index contributed by atoms with van der Waals surface area (Å²) in [7, 11) is 7.22. The molecule has 0 amide bonds. The molecule has 1 aliphatic heterocycles. The van der Waals surface area contributed by atoms with Crippen molar-refractivity contribution in [2.45, 2.75) is 0 Å². The van der Waals surface area contributed by atoms with Crippen LogP contribution in [0.1, 0.15) is 15.9 Å². The minimum atomic E-state index is -0.376. The Bertz CT molecular complexity index is 936. The third-order valence-electron chi connectivity index (χ3n) is 4.27. The number of benzene rings is 2. The number of hydrogen-bond donors (Lipinski definition) is 1. The molecule has 3 rings (SSSR count). The van der Waals surface area contributed by atoms with Gasteiger partial charge in [-0.05, 0) is 23.8 Å². The van der Waals surface area contributed by atoms with Crippen LogP contribution in [-0.4, -0.2) is 46.4 Å². The van der Waals surface area contributed by atoms with Crippen LogP contribution < -0.4 is 28.4 Å². The fourth-order valence-electron chi connectivity index (χ4n) is 2.94. The quantitative estimate of drug-likeness (QED) is 0.755. The predicted molar refractivity (Wildman–Crippen MR) is 100 cm³/mol. The molecule has 0 spiro atoms. The summed E-state index contributed by atoms with van der Waals surface area (Å²) in [6, 6.07) is 4.67. The molecule has 8 heteroatoms. The second kappa shape index (κ2) is 7.59. The lowest BCUT2D eigenvalue weighted by molar-refractivity contribution is 0.101. The first-order valence-corrected chi connectivity index (χ1v) is 8.21. The molecule has 0 radical (unpaired) electrons. The van der Waals surface area contributed by atoms with Crippen molar-refractivity contribution in [1.29, 1.82) is 0 Å². The number of hydrogen-bond acceptors (Lipinski definition) is 8. The topological polar surface area (TPSA) is 92.7 Å². The molecule has 0 bridgehead atoms. The highest BCUT2D eigenvalue weighted by Gasteiger charge is 2.36. The lowest BCUT2D eigenvalue weighted by atomic mass is 10.1. The number of carbonyl (C=O) groups excluding carboxylic acids is 1. The first-order valence-electron chi connectivity index (χ1n) is 8.21. The van der Waals surface area contributed by atoms with Gasteiger partial charge in [-0.25, -0.2) is 0 Å². The molecule has 1 heterocycles. The molecule has 1 aliphatic rings. The number of aromatic hydroxyl groups is 1. The number of phenolic OH excluding ortho intramolecular Hbond substituents is 1. The van der Waals surface area contributed by atoms with E-state index < -0.39 is 0 Å². The van der Waals surface area contributed by atoms with Crippen molar-refractivity contribution in [1.82, 2.24) is 0 Å². The van der Waals surface area contributed by atoms with E-state index in [4.69, 9.17) is 28.4 Å². The van der Waals surface area contributed by atoms with Crippen molar-refractivity contribution in [3.8, 4) is 40.2 Å². The van der Waals surface area contributed by atoms with Gasteiger partial charge in [0.15, 0.2) is 28.8 Å². The molecule has 0 aromatic heterocycles. The molecule has 2 aromatic rings. The zero-order valence-corrected chi connectivity index (χ0v) is 16.1. The van der Waals surface area contributed by atoms with Crippen molar-refractivity contribution in [2.75, 3.05) is 35.5 Å². The van der Waals surface area contributed by atoms with E-state index in [1.807, 2.05) is 0 Å². The average molecular weight is 388 g/mol. The first-order chi connectivity index (χ1) is 13.5. The minimum Gasteiger partial charge on any atom is -0.502 e. The Morgan fingerprint density at radius 3 is 1.89 bits per heavy atom. The maximum atomic E-state index is 12.9. The van der Waals surface area contributed by atoms with Gasteiger partial charge in [0.05, 0.1) is 35.5 Å². The molecular formula is C20H20O8. The number of phenols is 1. The van der Waals surface area contributed by atoms with E-state index in [2.05, 4.69) is 0 Å². The summed E-state index contributed by atoms with van der Waals surface area (Å²) < 4.78 is 32.0. The van der Waals surface area contributed by atoms with E-state index >= 15 is 0 Å². The molecule has 0 saturated heterocycles. The van der Waals surface area contributed by atoms with Crippen molar-refractivity contribution in [3.05, 3.63) is 35.1 Å². The Morgan fingerprint density at radius 2 is 1.39 bits per heavy atom. The number of rotatable bonds is 6. The second-order valence-electron chi connectivity index (χ2n) is 5.73. The summed E-state index contributed by atoms with van der Waals surface area (Å²) in [5.74, 6) is 1.12. The second-order valence-corrected chi connectivity index (χ2v) is 5.73. The Morgan fingerprint density at radius 1 is 0.821 bits per heavy atom. The summed E-state index contributed by atoms with van der Waals surface area (Å²) in [4.78, 5) is 12.9. The molecule has 0 unspecified atom stereocenters. The smallest absolute Gasteiger partial charge is 0.235 e. The lowest BCUT2D eigenvalue weighted by Crippen LogP contribution is -2.00. The Kier molecular flexibility index (Phi) is 5.21. The number of fused-ring (bicyclic) bond motifs is 1. The number of ketones is 1. The van der Waals surface area contributed by atoms with E-state index in [0.717, 1.165) is 0 Å². The van der Waals surface area contributed by atoms with Crippen molar-refractivity contribution < 1.29 is 38.3 Å². The first kappa shape index (κ1) is 19.2. The summed E-state index contributed by atoms with van der Waals surface area (Å²) in [6.45, 7) is 0. The Hall–Kier alpha value is -3.55. The van der Waals surface area contributed by atoms with Crippen LogP contribution in [0.3, 0.4) is 0 Å². The van der Waals surface area contributed by atoms with Gasteiger partial charge >= 0.3 is 0 Å². The summed E-state index contributed by atoms with van der Waals surface area (Å²) >= 11 is 0. The molecule has 2 aromatic carbocycles. The van der Waals surface area contributed by atoms with Crippen LogP contribution in [0.25, 0.3) is 6.08 Å². The van der Waals surface area contributed by atoms with Crippen LogP contribution in [0, 0.1) is 0 Å². The molecular weight excluding hydrogens is 368 g/mol. The standard InChI is InChI=1S/C20H20O8/c1-23-11-9-15(26-4)19(27-5)20-16(11)18(22)14(28-20)8-10-6-12(24-2)17(21)13(7-10)25-3/h6-9,21H,1-5H3/b14-8-. The van der Waals surface area contributed by atoms with Gasteiger partial charge in [-0.2, -0.15) is 0 Å². The molecule has 0 aliphatic carbocycles. The van der Waals surface area contributed by atoms with Crippen LogP contribution in [-0.2, 0) is 0 Å². The highest BCUT2D eigenvalue weighted by molar-refractivity contribution is 6.17. The number of carbonyl (C=O) groups is 1. The van der Waals surface area contributed by atoms with E-state index in [-0.39, 0.29) is 45.9 Å². The van der Waals surface area contributed by atoms with Crippen molar-refractivity contribution >= 4 is 11.9 Å². The molecule has 148 valence electrons. The van der Waals surface area contributed by atoms with Crippen LogP contribution in [0.15, 0.2) is 24.0 Å².